The molecule has 2 rings (SSSR count). The van der Waals surface area contributed by atoms with Gasteiger partial charge in [0.25, 0.3) is 5.91 Å². The van der Waals surface area contributed by atoms with Crippen LogP contribution in [0.1, 0.15) is 22.8 Å². The third-order valence-electron chi connectivity index (χ3n) is 3.63. The van der Waals surface area contributed by atoms with Gasteiger partial charge >= 0.3 is 0 Å². The number of hydrogen-bond acceptors (Lipinski definition) is 6. The summed E-state index contributed by atoms with van der Waals surface area (Å²) in [4.78, 5) is 11.5. The number of carbonyl (C=O) groups is 1. The number of ether oxygens (including phenoxy) is 2. The summed E-state index contributed by atoms with van der Waals surface area (Å²) in [5, 5.41) is 8.68. The number of amides is 1. The van der Waals surface area contributed by atoms with E-state index in [1.807, 2.05) is 0 Å². The van der Waals surface area contributed by atoms with Crippen molar-refractivity contribution < 1.29 is 27.9 Å². The molecule has 23 heavy (non-hydrogen) atoms. The number of rotatable bonds is 5. The van der Waals surface area contributed by atoms with Crippen molar-refractivity contribution in [3.05, 3.63) is 29.3 Å². The van der Waals surface area contributed by atoms with E-state index in [2.05, 4.69) is 0 Å². The summed E-state index contributed by atoms with van der Waals surface area (Å²) in [6.07, 6.45) is 0. The smallest absolute Gasteiger partial charge is 0.274 e. The van der Waals surface area contributed by atoms with Crippen molar-refractivity contribution in [2.24, 2.45) is 0 Å². The second kappa shape index (κ2) is 7.26. The summed E-state index contributed by atoms with van der Waals surface area (Å²) in [6.45, 7) is 2.21. The summed E-state index contributed by atoms with van der Waals surface area (Å²) in [7, 11) is -2.03. The van der Waals surface area contributed by atoms with Gasteiger partial charge in [0.1, 0.15) is 12.4 Å². The van der Waals surface area contributed by atoms with Crippen molar-refractivity contribution in [1.29, 1.82) is 0 Å². The number of nitrogens with one attached hydrogen (secondary N) is 1. The maximum absolute atomic E-state index is 12.4. The number of carbonyl (C=O) groups excluding carboxylic acids is 1. The van der Waals surface area contributed by atoms with Crippen LogP contribution in [0.2, 0.25) is 0 Å². The van der Waals surface area contributed by atoms with E-state index in [0.717, 1.165) is 0 Å². The summed E-state index contributed by atoms with van der Waals surface area (Å²) in [5.41, 5.74) is 2.44. The molecule has 0 aliphatic carbocycles. The van der Waals surface area contributed by atoms with Gasteiger partial charge in [-0.25, -0.2) is 13.9 Å². The predicted octanol–water partition coefficient (Wildman–Crippen LogP) is 0.365. The molecule has 1 atom stereocenters. The van der Waals surface area contributed by atoms with E-state index < -0.39 is 15.9 Å². The zero-order valence-electron chi connectivity index (χ0n) is 13.0. The highest BCUT2D eigenvalue weighted by Gasteiger charge is 2.31. The first-order chi connectivity index (χ1) is 10.9. The lowest BCUT2D eigenvalue weighted by molar-refractivity contribution is 0.0706. The van der Waals surface area contributed by atoms with Crippen LogP contribution in [-0.2, 0) is 21.3 Å². The quantitative estimate of drug-likeness (QED) is 0.590. The van der Waals surface area contributed by atoms with Crippen LogP contribution in [0.5, 0.6) is 5.75 Å². The van der Waals surface area contributed by atoms with E-state index in [0.29, 0.717) is 11.3 Å². The van der Waals surface area contributed by atoms with Crippen LogP contribution < -0.4 is 10.2 Å². The van der Waals surface area contributed by atoms with Gasteiger partial charge in [0.2, 0.25) is 10.0 Å². The highest BCUT2D eigenvalue weighted by atomic mass is 32.2. The van der Waals surface area contributed by atoms with Crippen molar-refractivity contribution in [3.63, 3.8) is 0 Å². The molecule has 1 aromatic rings. The molecule has 128 valence electrons. The number of benzene rings is 1. The molecule has 1 aliphatic heterocycles. The van der Waals surface area contributed by atoms with Crippen molar-refractivity contribution >= 4 is 15.9 Å². The first kappa shape index (κ1) is 17.7. The van der Waals surface area contributed by atoms with E-state index in [1.165, 1.54) is 23.5 Å². The molecule has 0 radical (unpaired) electrons. The Balaban J connectivity index is 2.30. The average Bonchev–Trinajstić information content (AvgIpc) is 2.71. The Labute approximate surface area is 135 Å². The number of hydrogen-bond donors (Lipinski definition) is 2. The zero-order valence-corrected chi connectivity index (χ0v) is 13.8. The Hall–Kier alpha value is -1.68. The van der Waals surface area contributed by atoms with Crippen LogP contribution in [0.3, 0.4) is 0 Å². The summed E-state index contributed by atoms with van der Waals surface area (Å²) >= 11 is 0. The van der Waals surface area contributed by atoms with Gasteiger partial charge in [0.05, 0.1) is 18.4 Å². The Morgan fingerprint density at radius 2 is 2.26 bits per heavy atom. The summed E-state index contributed by atoms with van der Waals surface area (Å²) < 4.78 is 36.7. The normalized spacial score (nSPS) is 18.7. The predicted molar refractivity (Wildman–Crippen MR) is 81.9 cm³/mol. The van der Waals surface area contributed by atoms with Gasteiger partial charge in [-0.05, 0) is 19.1 Å². The molecule has 1 heterocycles. The number of fused-ring (bicyclic) bond motifs is 1. The zero-order chi connectivity index (χ0) is 17.0. The lowest BCUT2D eigenvalue weighted by Gasteiger charge is -2.25. The van der Waals surface area contributed by atoms with Crippen LogP contribution >= 0.6 is 0 Å². The van der Waals surface area contributed by atoms with Gasteiger partial charge in [-0.15, -0.1) is 0 Å². The Kier molecular flexibility index (Phi) is 5.58. The van der Waals surface area contributed by atoms with Crippen molar-refractivity contribution in [2.45, 2.75) is 19.5 Å². The van der Waals surface area contributed by atoms with Gasteiger partial charge in [0.15, 0.2) is 0 Å². The molecule has 0 saturated carbocycles. The Bertz CT molecular complexity index is 676. The number of sulfonamides is 1. The van der Waals surface area contributed by atoms with Crippen LogP contribution in [0, 0.1) is 0 Å². The molecule has 8 nitrogen and oxygen atoms in total. The fourth-order valence-corrected chi connectivity index (χ4v) is 3.88. The molecule has 0 fully saturated rings. The lowest BCUT2D eigenvalue weighted by Crippen LogP contribution is -2.41. The first-order valence-electron chi connectivity index (χ1n) is 7.07. The van der Waals surface area contributed by atoms with Crippen LogP contribution in [0.15, 0.2) is 18.2 Å². The number of nitrogens with zero attached hydrogens (tertiary/aromatic N) is 1. The average molecular weight is 344 g/mol. The minimum atomic E-state index is -3.48. The van der Waals surface area contributed by atoms with Crippen LogP contribution in [0.4, 0.5) is 0 Å². The molecule has 1 amide bonds. The highest BCUT2D eigenvalue weighted by molar-refractivity contribution is 7.89. The topological polar surface area (TPSA) is 105 Å². The molecule has 0 unspecified atom stereocenters. The van der Waals surface area contributed by atoms with Gasteiger partial charge in [-0.1, -0.05) is 6.07 Å². The van der Waals surface area contributed by atoms with Gasteiger partial charge < -0.3 is 9.47 Å². The molecular weight excluding hydrogens is 324 g/mol. The number of methoxy groups -OCH3 is 1. The Morgan fingerprint density at radius 3 is 2.91 bits per heavy atom. The first-order valence-corrected chi connectivity index (χ1v) is 8.68. The van der Waals surface area contributed by atoms with E-state index in [-0.39, 0.29) is 37.1 Å². The molecule has 0 spiro atoms. The van der Waals surface area contributed by atoms with E-state index in [4.69, 9.17) is 14.7 Å². The fraction of sp³-hybridized carbons (Fsp3) is 0.500. The molecule has 0 saturated heterocycles. The molecule has 0 bridgehead atoms. The van der Waals surface area contributed by atoms with E-state index in [9.17, 15) is 13.2 Å². The standard InChI is InChI=1S/C14H20N2O6S/c1-10-9-22-13-7-11(14(17)15-18)3-4-12(13)8-16(10)23(19,20)6-5-21-2/h3-4,7,10,18H,5-6,8-9H2,1-2H3,(H,15,17)/t10-/m0/s1. The maximum Gasteiger partial charge on any atom is 0.274 e. The van der Waals surface area contributed by atoms with Crippen molar-refractivity contribution in [1.82, 2.24) is 9.79 Å². The molecule has 1 aromatic carbocycles. The van der Waals surface area contributed by atoms with Gasteiger partial charge in [-0.2, -0.15) is 4.31 Å². The summed E-state index contributed by atoms with van der Waals surface area (Å²) in [6, 6.07) is 4.26. The highest BCUT2D eigenvalue weighted by Crippen LogP contribution is 2.28. The minimum absolute atomic E-state index is 0.103. The molecular formula is C14H20N2O6S. The molecule has 0 aromatic heterocycles. The van der Waals surface area contributed by atoms with Crippen molar-refractivity contribution in [3.8, 4) is 5.75 Å². The molecule has 2 N–H and O–H groups in total. The summed E-state index contributed by atoms with van der Waals surface area (Å²) in [5.74, 6) is -0.325. The third kappa shape index (κ3) is 3.99. The van der Waals surface area contributed by atoms with Crippen LogP contribution in [-0.4, -0.2) is 56.0 Å². The minimum Gasteiger partial charge on any atom is -0.492 e. The van der Waals surface area contributed by atoms with E-state index in [1.54, 1.807) is 18.5 Å². The second-order valence-electron chi connectivity index (χ2n) is 5.28. The van der Waals surface area contributed by atoms with Crippen molar-refractivity contribution in [2.75, 3.05) is 26.1 Å². The fourth-order valence-electron chi connectivity index (χ4n) is 2.32. The van der Waals surface area contributed by atoms with Gasteiger partial charge in [0, 0.05) is 24.8 Å². The number of hydroxylamine groups is 1. The Morgan fingerprint density at radius 1 is 1.52 bits per heavy atom. The molecule has 9 heteroatoms. The SMILES string of the molecule is COCCS(=O)(=O)N1Cc2ccc(C(=O)NO)cc2OC[C@@H]1C. The largest absolute Gasteiger partial charge is 0.492 e. The monoisotopic (exact) mass is 344 g/mol. The second-order valence-corrected chi connectivity index (χ2v) is 7.32. The third-order valence-corrected chi connectivity index (χ3v) is 5.52. The molecule has 1 aliphatic rings. The lowest BCUT2D eigenvalue weighted by atomic mass is 10.1. The van der Waals surface area contributed by atoms with Gasteiger partial charge in [-0.3, -0.25) is 10.0 Å². The van der Waals surface area contributed by atoms with E-state index >= 15 is 0 Å². The van der Waals surface area contributed by atoms with Crippen LogP contribution in [0.25, 0.3) is 0 Å². The maximum atomic E-state index is 12.4.